The molecule has 0 spiro atoms. The lowest BCUT2D eigenvalue weighted by molar-refractivity contribution is -0.131. The summed E-state index contributed by atoms with van der Waals surface area (Å²) in [4.78, 5) is 18.8. The lowest BCUT2D eigenvalue weighted by Crippen LogP contribution is -2.32. The third-order valence-electron chi connectivity index (χ3n) is 4.84. The number of ether oxygens (including phenoxy) is 1. The normalized spacial score (nSPS) is 22.8. The van der Waals surface area contributed by atoms with Gasteiger partial charge in [0, 0.05) is 31.1 Å². The van der Waals surface area contributed by atoms with Crippen LogP contribution >= 0.6 is 0 Å². The van der Waals surface area contributed by atoms with Gasteiger partial charge in [-0.2, -0.15) is 0 Å². The molecule has 1 aromatic heterocycles. The van der Waals surface area contributed by atoms with Gasteiger partial charge in [0.05, 0.1) is 6.54 Å². The Hall–Kier alpha value is -1.58. The molecule has 2 aliphatic rings. The lowest BCUT2D eigenvalue weighted by atomic mass is 9.87. The molecule has 0 radical (unpaired) electrons. The minimum absolute atomic E-state index is 0.0876. The molecule has 22 heavy (non-hydrogen) atoms. The second-order valence-corrected chi connectivity index (χ2v) is 6.69. The average Bonchev–Trinajstić information content (AvgIpc) is 2.97. The fourth-order valence-electron chi connectivity index (χ4n) is 3.57. The molecule has 3 rings (SSSR count). The summed E-state index contributed by atoms with van der Waals surface area (Å²) < 4.78 is 5.92. The third kappa shape index (κ3) is 3.99. The molecule has 1 aliphatic heterocycles. The molecule has 1 atom stereocenters. The van der Waals surface area contributed by atoms with E-state index in [4.69, 9.17) is 4.74 Å². The molecule has 4 nitrogen and oxygen atoms in total. The van der Waals surface area contributed by atoms with E-state index in [1.807, 2.05) is 30.0 Å². The summed E-state index contributed by atoms with van der Waals surface area (Å²) in [5.41, 5.74) is 0.959. The van der Waals surface area contributed by atoms with Crippen molar-refractivity contribution in [1.82, 2.24) is 9.88 Å². The third-order valence-corrected chi connectivity index (χ3v) is 4.84. The van der Waals surface area contributed by atoms with Crippen molar-refractivity contribution in [1.29, 1.82) is 0 Å². The molecule has 1 amide bonds. The van der Waals surface area contributed by atoms with Gasteiger partial charge in [-0.25, -0.2) is 4.98 Å². The van der Waals surface area contributed by atoms with Crippen molar-refractivity contribution in [3.8, 4) is 5.88 Å². The first-order valence-corrected chi connectivity index (χ1v) is 8.59. The van der Waals surface area contributed by atoms with Crippen LogP contribution in [0.2, 0.25) is 0 Å². The Labute approximate surface area is 132 Å². The standard InChI is InChI=1S/C18H26N2O2/c1-14-6-5-9-17(19-14)22-16-10-11-20(13-16)18(21)12-15-7-3-2-4-8-15/h5-6,9,15-16H,2-4,7-8,10-13H2,1H3. The second-order valence-electron chi connectivity index (χ2n) is 6.69. The van der Waals surface area contributed by atoms with E-state index in [-0.39, 0.29) is 6.10 Å². The van der Waals surface area contributed by atoms with E-state index in [0.717, 1.165) is 25.1 Å². The van der Waals surface area contributed by atoms with Crippen LogP contribution in [0.25, 0.3) is 0 Å². The summed E-state index contributed by atoms with van der Waals surface area (Å²) in [7, 11) is 0. The summed E-state index contributed by atoms with van der Waals surface area (Å²) in [5, 5.41) is 0. The molecule has 1 saturated carbocycles. The van der Waals surface area contributed by atoms with Gasteiger partial charge in [-0.15, -0.1) is 0 Å². The minimum atomic E-state index is 0.0876. The summed E-state index contributed by atoms with van der Waals surface area (Å²) in [6.07, 6.45) is 8.12. The lowest BCUT2D eigenvalue weighted by Gasteiger charge is -2.24. The van der Waals surface area contributed by atoms with Gasteiger partial charge >= 0.3 is 0 Å². The summed E-state index contributed by atoms with van der Waals surface area (Å²) in [6.45, 7) is 3.49. The van der Waals surface area contributed by atoms with Gasteiger partial charge in [0.15, 0.2) is 0 Å². The first-order valence-electron chi connectivity index (χ1n) is 8.59. The topological polar surface area (TPSA) is 42.4 Å². The number of hydrogen-bond acceptors (Lipinski definition) is 3. The molecule has 2 fully saturated rings. The molecule has 1 aromatic rings. The number of aryl methyl sites for hydroxylation is 1. The molecule has 2 heterocycles. The van der Waals surface area contributed by atoms with Crippen LogP contribution in [-0.4, -0.2) is 35.0 Å². The number of carbonyl (C=O) groups is 1. The first kappa shape index (κ1) is 15.3. The molecule has 4 heteroatoms. The minimum Gasteiger partial charge on any atom is -0.472 e. The van der Waals surface area contributed by atoms with Gasteiger partial charge in [-0.05, 0) is 31.7 Å². The SMILES string of the molecule is Cc1cccc(OC2CCN(C(=O)CC3CCCCC3)C2)n1. The summed E-state index contributed by atoms with van der Waals surface area (Å²) >= 11 is 0. The predicted octanol–water partition coefficient (Wildman–Crippen LogP) is 3.34. The molecule has 1 unspecified atom stereocenters. The van der Waals surface area contributed by atoms with Crippen molar-refractivity contribution in [3.05, 3.63) is 23.9 Å². The maximum atomic E-state index is 12.4. The van der Waals surface area contributed by atoms with Gasteiger partial charge in [-0.3, -0.25) is 4.79 Å². The molecular formula is C18H26N2O2. The van der Waals surface area contributed by atoms with Crippen molar-refractivity contribution in [2.45, 2.75) is 58.0 Å². The number of hydrogen-bond donors (Lipinski definition) is 0. The Balaban J connectivity index is 1.48. The average molecular weight is 302 g/mol. The smallest absolute Gasteiger partial charge is 0.222 e. The highest BCUT2D eigenvalue weighted by atomic mass is 16.5. The van der Waals surface area contributed by atoms with Crippen molar-refractivity contribution in [2.75, 3.05) is 13.1 Å². The second kappa shape index (κ2) is 7.12. The highest BCUT2D eigenvalue weighted by Gasteiger charge is 2.29. The summed E-state index contributed by atoms with van der Waals surface area (Å²) in [5.74, 6) is 1.60. The number of aromatic nitrogens is 1. The zero-order chi connectivity index (χ0) is 15.4. The van der Waals surface area contributed by atoms with E-state index in [0.29, 0.717) is 24.2 Å². The van der Waals surface area contributed by atoms with E-state index in [1.165, 1.54) is 32.1 Å². The zero-order valence-corrected chi connectivity index (χ0v) is 13.5. The van der Waals surface area contributed by atoms with Crippen LogP contribution in [0, 0.1) is 12.8 Å². The number of rotatable bonds is 4. The maximum Gasteiger partial charge on any atom is 0.222 e. The van der Waals surface area contributed by atoms with Crippen molar-refractivity contribution in [3.63, 3.8) is 0 Å². The Morgan fingerprint density at radius 3 is 2.86 bits per heavy atom. The number of amides is 1. The number of pyridine rings is 1. The van der Waals surface area contributed by atoms with Crippen LogP contribution in [-0.2, 0) is 4.79 Å². The Morgan fingerprint density at radius 2 is 2.09 bits per heavy atom. The van der Waals surface area contributed by atoms with Crippen molar-refractivity contribution < 1.29 is 9.53 Å². The number of carbonyl (C=O) groups excluding carboxylic acids is 1. The van der Waals surface area contributed by atoms with Crippen LogP contribution in [0.15, 0.2) is 18.2 Å². The fraction of sp³-hybridized carbons (Fsp3) is 0.667. The fourth-order valence-corrected chi connectivity index (χ4v) is 3.57. The quantitative estimate of drug-likeness (QED) is 0.856. The van der Waals surface area contributed by atoms with Crippen molar-refractivity contribution in [2.24, 2.45) is 5.92 Å². The zero-order valence-electron chi connectivity index (χ0n) is 13.5. The van der Waals surface area contributed by atoms with Crippen LogP contribution in [0.5, 0.6) is 5.88 Å². The van der Waals surface area contributed by atoms with E-state index in [9.17, 15) is 4.79 Å². The Morgan fingerprint density at radius 1 is 1.27 bits per heavy atom. The van der Waals surface area contributed by atoms with Gasteiger partial charge in [-0.1, -0.05) is 25.3 Å². The van der Waals surface area contributed by atoms with Crippen LogP contribution in [0.4, 0.5) is 0 Å². The highest BCUT2D eigenvalue weighted by Crippen LogP contribution is 2.27. The van der Waals surface area contributed by atoms with Crippen molar-refractivity contribution >= 4 is 5.91 Å². The van der Waals surface area contributed by atoms with Gasteiger partial charge in [0.25, 0.3) is 0 Å². The van der Waals surface area contributed by atoms with Crippen LogP contribution in [0.3, 0.4) is 0 Å². The van der Waals surface area contributed by atoms with E-state index < -0.39 is 0 Å². The Bertz CT molecular complexity index is 512. The molecule has 1 saturated heterocycles. The van der Waals surface area contributed by atoms with Crippen LogP contribution < -0.4 is 4.74 Å². The molecule has 1 aliphatic carbocycles. The highest BCUT2D eigenvalue weighted by molar-refractivity contribution is 5.76. The van der Waals surface area contributed by atoms with E-state index >= 15 is 0 Å². The van der Waals surface area contributed by atoms with Gasteiger partial charge in [0.1, 0.15) is 6.10 Å². The van der Waals surface area contributed by atoms with Crippen LogP contribution in [0.1, 0.15) is 50.6 Å². The molecular weight excluding hydrogens is 276 g/mol. The monoisotopic (exact) mass is 302 g/mol. The van der Waals surface area contributed by atoms with E-state index in [1.54, 1.807) is 0 Å². The van der Waals surface area contributed by atoms with E-state index in [2.05, 4.69) is 4.98 Å². The first-order chi connectivity index (χ1) is 10.7. The Kier molecular flexibility index (Phi) is 4.96. The molecule has 120 valence electrons. The maximum absolute atomic E-state index is 12.4. The number of likely N-dealkylation sites (tertiary alicyclic amines) is 1. The van der Waals surface area contributed by atoms with Gasteiger partial charge < -0.3 is 9.64 Å². The molecule has 0 aromatic carbocycles. The molecule has 0 bridgehead atoms. The number of nitrogens with zero attached hydrogens (tertiary/aromatic N) is 2. The molecule has 0 N–H and O–H groups in total. The predicted molar refractivity (Wildman–Crippen MR) is 85.8 cm³/mol. The largest absolute Gasteiger partial charge is 0.472 e. The summed E-state index contributed by atoms with van der Waals surface area (Å²) in [6, 6.07) is 5.81. The van der Waals surface area contributed by atoms with Gasteiger partial charge in [0.2, 0.25) is 11.8 Å².